The van der Waals surface area contributed by atoms with Crippen LogP contribution in [0.5, 0.6) is 0 Å². The fourth-order valence-electron chi connectivity index (χ4n) is 6.55. The minimum Gasteiger partial charge on any atom is -0.457 e. The van der Waals surface area contributed by atoms with Gasteiger partial charge in [0.1, 0.15) is 29.7 Å². The summed E-state index contributed by atoms with van der Waals surface area (Å²) >= 11 is 5.88. The normalized spacial score (nSPS) is 31.8. The van der Waals surface area contributed by atoms with Crippen molar-refractivity contribution in [1.82, 2.24) is 5.32 Å². The topological polar surface area (TPSA) is 147 Å². The van der Waals surface area contributed by atoms with Crippen LogP contribution >= 0.6 is 11.6 Å². The van der Waals surface area contributed by atoms with E-state index in [0.717, 1.165) is 6.42 Å². The molecule has 1 aromatic rings. The Balaban J connectivity index is 1.88. The first kappa shape index (κ1) is 41.8. The van der Waals surface area contributed by atoms with Crippen LogP contribution in [0.3, 0.4) is 0 Å². The molecule has 12 heteroatoms. The third-order valence-electron chi connectivity index (χ3n) is 9.70. The summed E-state index contributed by atoms with van der Waals surface area (Å²) in [6, 6.07) is 3.96. The molecule has 280 valence electrons. The zero-order chi connectivity index (χ0) is 37.4. The number of esters is 2. The summed E-state index contributed by atoms with van der Waals surface area (Å²) in [6.45, 7) is 12.4. The molecule has 11 atom stereocenters. The lowest BCUT2D eigenvalue weighted by Gasteiger charge is -2.32. The molecule has 2 aliphatic heterocycles. The van der Waals surface area contributed by atoms with E-state index in [4.69, 9.17) is 30.5 Å². The molecule has 3 rings (SSSR count). The van der Waals surface area contributed by atoms with Gasteiger partial charge in [0.2, 0.25) is 0 Å². The molecule has 0 bridgehead atoms. The van der Waals surface area contributed by atoms with Gasteiger partial charge in [0, 0.05) is 32.4 Å². The van der Waals surface area contributed by atoms with Crippen LogP contribution in [0.25, 0.3) is 0 Å². The van der Waals surface area contributed by atoms with E-state index in [9.17, 15) is 29.3 Å². The highest BCUT2D eigenvalue weighted by atomic mass is 35.5. The van der Waals surface area contributed by atoms with Crippen LogP contribution in [0, 0.1) is 17.7 Å². The SMILES string of the molecule is CC[C@H](OC)[C@@H](C)[C@H]1O[C@@H]1C(NCc1ccc(Cl)c(F)c1)C(C)(O)/C=C/C=C(\C)[C@@H]1OC(=O)C[C@H](O)CC[C@@](C)(O)[C@@H](OC(C)=O)/C=C/[C@@H]1C. The maximum absolute atomic E-state index is 14.2. The summed E-state index contributed by atoms with van der Waals surface area (Å²) in [5.41, 5.74) is -1.63. The number of aliphatic hydroxyl groups is 3. The molecule has 0 aliphatic carbocycles. The van der Waals surface area contributed by atoms with Crippen LogP contribution < -0.4 is 5.32 Å². The third-order valence-corrected chi connectivity index (χ3v) is 10.0. The average molecular weight is 724 g/mol. The Hall–Kier alpha value is -2.64. The second-order valence-electron chi connectivity index (χ2n) is 14.1. The molecule has 1 aromatic carbocycles. The summed E-state index contributed by atoms with van der Waals surface area (Å²) < 4.78 is 37.2. The lowest BCUT2D eigenvalue weighted by atomic mass is 9.87. The summed E-state index contributed by atoms with van der Waals surface area (Å²) in [7, 11) is 1.67. The highest BCUT2D eigenvalue weighted by Crippen LogP contribution is 2.39. The summed E-state index contributed by atoms with van der Waals surface area (Å²) in [4.78, 5) is 24.7. The van der Waals surface area contributed by atoms with Crippen LogP contribution in [0.2, 0.25) is 5.02 Å². The first-order valence-corrected chi connectivity index (χ1v) is 17.7. The highest BCUT2D eigenvalue weighted by molar-refractivity contribution is 6.30. The van der Waals surface area contributed by atoms with Crippen LogP contribution in [0.15, 0.2) is 54.2 Å². The Morgan fingerprint density at radius 3 is 2.60 bits per heavy atom. The number of cyclic esters (lactones) is 1. The molecule has 0 radical (unpaired) electrons. The van der Waals surface area contributed by atoms with Crippen molar-refractivity contribution in [1.29, 1.82) is 0 Å². The van der Waals surface area contributed by atoms with Crippen molar-refractivity contribution >= 4 is 23.5 Å². The minimum atomic E-state index is -1.48. The summed E-state index contributed by atoms with van der Waals surface area (Å²) in [5, 5.41) is 36.8. The molecule has 4 N–H and O–H groups in total. The Morgan fingerprint density at radius 2 is 1.98 bits per heavy atom. The Kier molecular flexibility index (Phi) is 15.2. The van der Waals surface area contributed by atoms with Crippen molar-refractivity contribution in [3.05, 3.63) is 70.6 Å². The Labute approximate surface area is 300 Å². The third kappa shape index (κ3) is 11.7. The van der Waals surface area contributed by atoms with Crippen molar-refractivity contribution in [2.75, 3.05) is 7.11 Å². The second kappa shape index (κ2) is 18.2. The maximum Gasteiger partial charge on any atom is 0.309 e. The number of hydrogen-bond donors (Lipinski definition) is 4. The van der Waals surface area contributed by atoms with E-state index in [0.29, 0.717) is 11.1 Å². The largest absolute Gasteiger partial charge is 0.457 e. The highest BCUT2D eigenvalue weighted by Gasteiger charge is 2.54. The molecule has 2 aliphatic rings. The lowest BCUT2D eigenvalue weighted by Crippen LogP contribution is -2.52. The zero-order valence-electron chi connectivity index (χ0n) is 30.4. The minimum absolute atomic E-state index is 0.0243. The number of rotatable bonds is 13. The van der Waals surface area contributed by atoms with Crippen LogP contribution in [-0.2, 0) is 35.1 Å². The van der Waals surface area contributed by atoms with Gasteiger partial charge in [-0.2, -0.15) is 0 Å². The molecule has 0 amide bonds. The van der Waals surface area contributed by atoms with Gasteiger partial charge in [-0.05, 0) is 69.4 Å². The van der Waals surface area contributed by atoms with Gasteiger partial charge in [0.05, 0.1) is 41.4 Å². The average Bonchev–Trinajstić information content (AvgIpc) is 3.82. The van der Waals surface area contributed by atoms with E-state index in [1.165, 1.54) is 26.0 Å². The van der Waals surface area contributed by atoms with Crippen molar-refractivity contribution in [2.24, 2.45) is 11.8 Å². The van der Waals surface area contributed by atoms with Gasteiger partial charge in [-0.15, -0.1) is 0 Å². The van der Waals surface area contributed by atoms with Gasteiger partial charge < -0.3 is 39.6 Å². The second-order valence-corrected chi connectivity index (χ2v) is 14.6. The molecule has 10 nitrogen and oxygen atoms in total. The molecule has 0 saturated carbocycles. The fraction of sp³-hybridized carbons (Fsp3) is 0.632. The van der Waals surface area contributed by atoms with Gasteiger partial charge >= 0.3 is 11.9 Å². The van der Waals surface area contributed by atoms with Crippen LogP contribution in [-0.4, -0.2) is 88.2 Å². The molecule has 2 heterocycles. The summed E-state index contributed by atoms with van der Waals surface area (Å²) in [5.74, 6) is -2.06. The number of allylic oxidation sites excluding steroid dienone is 2. The molecule has 0 aromatic heterocycles. The molecular weight excluding hydrogens is 669 g/mol. The van der Waals surface area contributed by atoms with E-state index in [-0.39, 0.29) is 55.1 Å². The van der Waals surface area contributed by atoms with Gasteiger partial charge in [0.25, 0.3) is 0 Å². The predicted molar refractivity (Wildman–Crippen MR) is 189 cm³/mol. The number of carbonyl (C=O) groups excluding carboxylic acids is 2. The van der Waals surface area contributed by atoms with E-state index >= 15 is 0 Å². The van der Waals surface area contributed by atoms with Crippen LogP contribution in [0.1, 0.15) is 79.7 Å². The number of epoxide rings is 1. The number of carbonyl (C=O) groups is 2. The van der Waals surface area contributed by atoms with E-state index in [1.807, 2.05) is 13.8 Å². The smallest absolute Gasteiger partial charge is 0.309 e. The maximum atomic E-state index is 14.2. The van der Waals surface area contributed by atoms with Gasteiger partial charge in [-0.1, -0.05) is 62.7 Å². The Morgan fingerprint density at radius 1 is 1.28 bits per heavy atom. The summed E-state index contributed by atoms with van der Waals surface area (Å²) in [6.07, 6.45) is 5.69. The molecule has 1 saturated heterocycles. The molecule has 2 unspecified atom stereocenters. The van der Waals surface area contributed by atoms with Crippen molar-refractivity contribution in [2.45, 2.75) is 135 Å². The number of methoxy groups -OCH3 is 1. The quantitative estimate of drug-likeness (QED) is 0.0909. The van der Waals surface area contributed by atoms with Gasteiger partial charge in [-0.25, -0.2) is 4.39 Å². The number of benzene rings is 1. The standard InChI is InChI=1S/C38H55ClFNO9/c1-9-30(47-8)24(4)34-35(50-34)36(41-21-26-13-14-28(39)29(40)19-26)38(7,46)17-10-11-22(2)33-23(3)12-15-31(48-25(5)42)37(6,45)18-16-27(43)20-32(44)49-33/h10-15,17,19,23-24,27,30-31,33-36,41,43,45-46H,9,16,18,20-21H2,1-8H3/b15-12+,17-10+,22-11+/t23-,24+,27+,30-,31-,33-,34+,35-,36?,37+,38?/m0/s1. The number of hydrogen-bond acceptors (Lipinski definition) is 10. The fourth-order valence-corrected chi connectivity index (χ4v) is 6.67. The van der Waals surface area contributed by atoms with Crippen LogP contribution in [0.4, 0.5) is 4.39 Å². The lowest BCUT2D eigenvalue weighted by molar-refractivity contribution is -0.157. The van der Waals surface area contributed by atoms with E-state index in [2.05, 4.69) is 12.2 Å². The molecular formula is C38H55ClFNO9. The van der Waals surface area contributed by atoms with E-state index < -0.39 is 59.2 Å². The number of aliphatic hydroxyl groups excluding tert-OH is 1. The molecule has 1 fully saturated rings. The predicted octanol–water partition coefficient (Wildman–Crippen LogP) is 5.35. The molecule has 0 spiro atoms. The van der Waals surface area contributed by atoms with Gasteiger partial charge in [0.15, 0.2) is 0 Å². The number of halogens is 2. The first-order valence-electron chi connectivity index (χ1n) is 17.3. The number of nitrogens with one attached hydrogen (secondary N) is 1. The van der Waals surface area contributed by atoms with Crippen molar-refractivity contribution in [3.63, 3.8) is 0 Å². The first-order chi connectivity index (χ1) is 23.4. The number of ether oxygens (including phenoxy) is 4. The Bertz CT molecular complexity index is 1390. The zero-order valence-corrected chi connectivity index (χ0v) is 31.2. The van der Waals surface area contributed by atoms with Gasteiger partial charge in [-0.3, -0.25) is 9.59 Å². The van der Waals surface area contributed by atoms with Crippen molar-refractivity contribution in [3.8, 4) is 0 Å². The van der Waals surface area contributed by atoms with Crippen molar-refractivity contribution < 1.29 is 48.2 Å². The van der Waals surface area contributed by atoms with E-state index in [1.54, 1.807) is 57.4 Å². The monoisotopic (exact) mass is 723 g/mol. The molecule has 50 heavy (non-hydrogen) atoms.